The molecule has 1 N–H and O–H groups in total. The van der Waals surface area contributed by atoms with Crippen LogP contribution in [0, 0.1) is 6.92 Å². The number of aryl methyl sites for hydroxylation is 2. The Morgan fingerprint density at radius 2 is 1.47 bits per heavy atom. The van der Waals surface area contributed by atoms with Crippen molar-refractivity contribution in [3.8, 4) is 16.8 Å². The molecule has 0 radical (unpaired) electrons. The summed E-state index contributed by atoms with van der Waals surface area (Å²) in [5.74, 6) is 0.00207. The molecule has 0 spiro atoms. The van der Waals surface area contributed by atoms with Gasteiger partial charge in [-0.3, -0.25) is 28.0 Å². The predicted octanol–water partition coefficient (Wildman–Crippen LogP) is 6.12. The molecule has 49 heavy (non-hydrogen) atoms. The van der Waals surface area contributed by atoms with Gasteiger partial charge in [-0.15, -0.1) is 0 Å². The minimum absolute atomic E-state index is 0.00207. The summed E-state index contributed by atoms with van der Waals surface area (Å²) in [6.07, 6.45) is 3.57. The molecule has 3 heterocycles. The van der Waals surface area contributed by atoms with Crippen molar-refractivity contribution in [3.63, 3.8) is 0 Å². The molecule has 0 saturated heterocycles. The Labute approximate surface area is 283 Å². The van der Waals surface area contributed by atoms with Crippen LogP contribution in [-0.4, -0.2) is 53.3 Å². The van der Waals surface area contributed by atoms with Crippen molar-refractivity contribution in [3.05, 3.63) is 126 Å². The molecule has 4 aromatic carbocycles. The number of nitrogens with zero attached hydrogens (tertiary/aromatic N) is 5. The lowest BCUT2D eigenvalue weighted by molar-refractivity contribution is 0.483. The Kier molecular flexibility index (Phi) is 8.84. The third-order valence-electron chi connectivity index (χ3n) is 8.38. The maximum absolute atomic E-state index is 13.4. The molecule has 13 heteroatoms. The summed E-state index contributed by atoms with van der Waals surface area (Å²) >= 11 is 0. The largest absolute Gasteiger partial charge is 0.333 e. The molecule has 0 aliphatic carbocycles. The van der Waals surface area contributed by atoms with Gasteiger partial charge >= 0.3 is 5.69 Å². The normalized spacial score (nSPS) is 11.9. The highest BCUT2D eigenvalue weighted by atomic mass is 32.2. The molecule has 250 valence electrons. The maximum atomic E-state index is 13.4. The Bertz CT molecular complexity index is 2630. The number of anilines is 1. The van der Waals surface area contributed by atoms with Gasteiger partial charge < -0.3 is 0 Å². The number of para-hydroxylation sites is 1. The first-order chi connectivity index (χ1) is 23.3. The minimum atomic E-state index is -4.02. The third kappa shape index (κ3) is 6.55. The van der Waals surface area contributed by atoms with Gasteiger partial charge in [0.05, 0.1) is 50.3 Å². The van der Waals surface area contributed by atoms with Crippen LogP contribution < -0.4 is 9.99 Å². The number of aromatic nitrogens is 4. The number of sulfonamides is 1. The molecule has 0 fully saturated rings. The van der Waals surface area contributed by atoms with E-state index in [2.05, 4.69) is 16.0 Å². The van der Waals surface area contributed by atoms with E-state index in [4.69, 9.17) is 4.55 Å². The van der Waals surface area contributed by atoms with Crippen LogP contribution in [0.1, 0.15) is 12.5 Å². The van der Waals surface area contributed by atoms with Crippen molar-refractivity contribution in [2.45, 2.75) is 18.7 Å². The van der Waals surface area contributed by atoms with E-state index in [1.807, 2.05) is 55.6 Å². The second kappa shape index (κ2) is 12.9. The van der Waals surface area contributed by atoms with Crippen LogP contribution in [-0.2, 0) is 27.2 Å². The van der Waals surface area contributed by atoms with Crippen LogP contribution in [0.5, 0.6) is 0 Å². The summed E-state index contributed by atoms with van der Waals surface area (Å²) < 4.78 is 58.7. The summed E-state index contributed by atoms with van der Waals surface area (Å²) in [5.41, 5.74) is 6.97. The van der Waals surface area contributed by atoms with Gasteiger partial charge in [0.1, 0.15) is 0 Å². The molecular weight excluding hydrogens is 663 g/mol. The molecule has 0 amide bonds. The van der Waals surface area contributed by atoms with Crippen molar-refractivity contribution >= 4 is 58.7 Å². The molecule has 0 unspecified atom stereocenters. The second-order valence-corrected chi connectivity index (χ2v) is 15.2. The lowest BCUT2D eigenvalue weighted by Gasteiger charge is -2.18. The average Bonchev–Trinajstić information content (AvgIpc) is 3.36. The van der Waals surface area contributed by atoms with Crippen LogP contribution in [0.2, 0.25) is 0 Å². The van der Waals surface area contributed by atoms with Crippen LogP contribution in [0.3, 0.4) is 0 Å². The quantitative estimate of drug-likeness (QED) is 0.205. The zero-order valence-electron chi connectivity index (χ0n) is 27.1. The van der Waals surface area contributed by atoms with E-state index in [0.29, 0.717) is 16.9 Å². The highest BCUT2D eigenvalue weighted by Gasteiger charge is 2.19. The summed E-state index contributed by atoms with van der Waals surface area (Å²) in [4.78, 5) is 22.6. The van der Waals surface area contributed by atoms with Crippen LogP contribution in [0.4, 0.5) is 5.69 Å². The molecule has 0 bridgehead atoms. The fourth-order valence-electron chi connectivity index (χ4n) is 5.52. The minimum Gasteiger partial charge on any atom is -0.293 e. The Hall–Kier alpha value is -5.37. The fourth-order valence-corrected chi connectivity index (χ4v) is 6.83. The van der Waals surface area contributed by atoms with Crippen molar-refractivity contribution in [1.29, 1.82) is 0 Å². The Balaban J connectivity index is 0.000000324. The van der Waals surface area contributed by atoms with Gasteiger partial charge in [-0.25, -0.2) is 13.2 Å². The van der Waals surface area contributed by atoms with Gasteiger partial charge in [0, 0.05) is 36.6 Å². The van der Waals surface area contributed by atoms with Crippen molar-refractivity contribution in [2.24, 2.45) is 7.05 Å². The van der Waals surface area contributed by atoms with E-state index in [1.54, 1.807) is 65.7 Å². The van der Waals surface area contributed by atoms with Crippen molar-refractivity contribution in [1.82, 2.24) is 19.1 Å². The van der Waals surface area contributed by atoms with Gasteiger partial charge in [-0.05, 0) is 80.1 Å². The number of hydrogen-bond donors (Lipinski definition) is 1. The highest BCUT2D eigenvalue weighted by molar-refractivity contribution is 7.92. The lowest BCUT2D eigenvalue weighted by atomic mass is 10.0. The van der Waals surface area contributed by atoms with Crippen LogP contribution >= 0.6 is 0 Å². The van der Waals surface area contributed by atoms with Crippen LogP contribution in [0.25, 0.3) is 49.7 Å². The van der Waals surface area contributed by atoms with Gasteiger partial charge in [0.25, 0.3) is 10.1 Å². The predicted molar refractivity (Wildman–Crippen MR) is 193 cm³/mol. The molecule has 11 nitrogen and oxygen atoms in total. The van der Waals surface area contributed by atoms with Crippen LogP contribution in [0.15, 0.2) is 119 Å². The molecule has 7 rings (SSSR count). The number of fused-ring (bicyclic) bond motifs is 4. The monoisotopic (exact) mass is 695 g/mol. The first kappa shape index (κ1) is 33.5. The third-order valence-corrected chi connectivity index (χ3v) is 11.0. The summed E-state index contributed by atoms with van der Waals surface area (Å²) in [5, 5.41) is 1.88. The maximum Gasteiger partial charge on any atom is 0.333 e. The molecule has 0 atom stereocenters. The SMILES string of the molecule is CCS(=O)(=O)N(C)c1ccc(-n2c(=O)n(C)c3cnc4ccc(-c5cnc6ccccc6c5)cc4c32)cc1.Cc1ccc(S(=O)(=O)O)cc1. The van der Waals surface area contributed by atoms with E-state index in [1.165, 1.54) is 23.5 Å². The molecule has 0 aliphatic rings. The number of hydrogen-bond acceptors (Lipinski definition) is 7. The zero-order chi connectivity index (χ0) is 35.1. The first-order valence-electron chi connectivity index (χ1n) is 15.2. The summed E-state index contributed by atoms with van der Waals surface area (Å²) in [7, 11) is -4.16. The van der Waals surface area contributed by atoms with Gasteiger partial charge in [-0.1, -0.05) is 42.0 Å². The topological polar surface area (TPSA) is 144 Å². The lowest BCUT2D eigenvalue weighted by Crippen LogP contribution is -2.28. The van der Waals surface area contributed by atoms with Gasteiger partial charge in [-0.2, -0.15) is 8.42 Å². The van der Waals surface area contributed by atoms with E-state index in [9.17, 15) is 21.6 Å². The van der Waals surface area contributed by atoms with Crippen molar-refractivity contribution in [2.75, 3.05) is 17.1 Å². The second-order valence-electron chi connectivity index (χ2n) is 11.5. The number of benzene rings is 4. The molecule has 0 aliphatic heterocycles. The zero-order valence-corrected chi connectivity index (χ0v) is 28.8. The molecule has 7 aromatic rings. The standard InChI is InChI=1S/C29H25N5O3S.C7H8O3S/c1-4-38(36,37)33(3)22-10-12-23(13-11-22)34-28-24-16-19(21-15-20-7-5-6-8-25(20)30-17-21)9-14-26(24)31-18-27(28)32(2)29(34)35;1-6-2-4-7(5-3-6)11(8,9)10/h5-18H,4H2,1-3H3;2-5H,1H3,(H,8,9,10). The van der Waals surface area contributed by atoms with Gasteiger partial charge in [0.2, 0.25) is 10.0 Å². The number of imidazole rings is 1. The highest BCUT2D eigenvalue weighted by Crippen LogP contribution is 2.31. The summed E-state index contributed by atoms with van der Waals surface area (Å²) in [6, 6.07) is 29.0. The first-order valence-corrected chi connectivity index (χ1v) is 18.3. The fraction of sp³-hybridized carbons (Fsp3) is 0.139. The smallest absolute Gasteiger partial charge is 0.293 e. The van der Waals surface area contributed by atoms with Crippen molar-refractivity contribution < 1.29 is 21.4 Å². The number of rotatable bonds is 6. The summed E-state index contributed by atoms with van der Waals surface area (Å²) in [6.45, 7) is 3.45. The molecular formula is C36H33N5O6S2. The average molecular weight is 696 g/mol. The van der Waals surface area contributed by atoms with E-state index < -0.39 is 20.1 Å². The molecule has 0 saturated carbocycles. The van der Waals surface area contributed by atoms with E-state index in [0.717, 1.165) is 44.0 Å². The Morgan fingerprint density at radius 3 is 2.14 bits per heavy atom. The Morgan fingerprint density at radius 1 is 0.796 bits per heavy atom. The van der Waals surface area contributed by atoms with E-state index >= 15 is 0 Å². The number of pyridine rings is 2. The van der Waals surface area contributed by atoms with Gasteiger partial charge in [0.15, 0.2) is 0 Å². The van der Waals surface area contributed by atoms with E-state index in [-0.39, 0.29) is 16.3 Å². The molecule has 3 aromatic heterocycles.